The van der Waals surface area contributed by atoms with E-state index < -0.39 is 0 Å². The van der Waals surface area contributed by atoms with Crippen LogP contribution < -0.4 is 4.90 Å². The van der Waals surface area contributed by atoms with E-state index in [1.165, 1.54) is 6.42 Å². The fourth-order valence-corrected chi connectivity index (χ4v) is 4.08. The average Bonchev–Trinajstić information content (AvgIpc) is 3.12. The minimum atomic E-state index is -0.278. The van der Waals surface area contributed by atoms with Gasteiger partial charge in [0.25, 0.3) is 0 Å². The molecule has 2 aliphatic rings. The fourth-order valence-electron chi connectivity index (χ4n) is 4.08. The first-order valence-electron chi connectivity index (χ1n) is 11.1. The van der Waals surface area contributed by atoms with Crippen LogP contribution >= 0.6 is 99.9 Å². The van der Waals surface area contributed by atoms with Crippen LogP contribution in [0.5, 0.6) is 0 Å². The van der Waals surface area contributed by atoms with Gasteiger partial charge < -0.3 is 4.74 Å². The van der Waals surface area contributed by atoms with Crippen molar-refractivity contribution in [2.45, 2.75) is 74.3 Å². The van der Waals surface area contributed by atoms with Gasteiger partial charge in [-0.25, -0.2) is 4.79 Å². The van der Waals surface area contributed by atoms with Crippen molar-refractivity contribution < 1.29 is 56.6 Å². The normalized spacial score (nSPS) is 23.0. The molecule has 1 saturated heterocycles. The van der Waals surface area contributed by atoms with Crippen molar-refractivity contribution in [1.82, 2.24) is 0 Å². The molecular weight excluding hydrogens is 1160 g/mol. The SMILES string of the molecule is CC1=C(C)C(C)C(C)CC1C.CCC1CN(c2cc(C)[c-]c(C)c2)C(=O)O1.[I][V]([I])[I].[I][V][I].[Y]. The molecule has 0 N–H and O–H groups in total. The Morgan fingerprint density at radius 1 is 1.06 bits per heavy atom. The first-order chi connectivity index (χ1) is 15.8. The minimum Gasteiger partial charge on any atom is 0 e. The quantitative estimate of drug-likeness (QED) is 0.168. The average molecular weight is 1200 g/mol. The van der Waals surface area contributed by atoms with E-state index in [0.29, 0.717) is 16.0 Å². The number of rotatable bonds is 2. The van der Waals surface area contributed by atoms with Crippen molar-refractivity contribution >= 4 is 112 Å². The van der Waals surface area contributed by atoms with Crippen LogP contribution in [0.25, 0.3) is 0 Å². The maximum Gasteiger partial charge on any atom is 0 e. The summed E-state index contributed by atoms with van der Waals surface area (Å²) in [5.41, 5.74) is 6.27. The number of ether oxygens (including phenoxy) is 1. The van der Waals surface area contributed by atoms with E-state index in [4.69, 9.17) is 4.74 Å². The summed E-state index contributed by atoms with van der Waals surface area (Å²) in [6.07, 6.45) is 2.03. The van der Waals surface area contributed by atoms with Crippen molar-refractivity contribution in [3.63, 3.8) is 0 Å². The van der Waals surface area contributed by atoms with Gasteiger partial charge in [0.1, 0.15) is 6.10 Å². The summed E-state index contributed by atoms with van der Waals surface area (Å²) in [5.74, 6) is 2.51. The fraction of sp³-hybridized carbons (Fsp3) is 0.625. The Kier molecular flexibility index (Phi) is 26.8. The third-order valence-corrected chi connectivity index (χ3v) is 6.39. The van der Waals surface area contributed by atoms with Gasteiger partial charge in [0, 0.05) is 32.7 Å². The predicted molar refractivity (Wildman–Crippen MR) is 183 cm³/mol. The first-order valence-corrected chi connectivity index (χ1v) is 33.7. The number of aryl methyl sites for hydroxylation is 2. The molecule has 1 aliphatic heterocycles. The van der Waals surface area contributed by atoms with Gasteiger partial charge in [0.2, 0.25) is 0 Å². The van der Waals surface area contributed by atoms with Gasteiger partial charge in [0.05, 0.1) is 6.54 Å². The van der Waals surface area contributed by atoms with Crippen LogP contribution in [0.2, 0.25) is 0 Å². The molecule has 3 rings (SSSR count). The summed E-state index contributed by atoms with van der Waals surface area (Å²) < 4.78 is 5.23. The molecule has 0 spiro atoms. The zero-order valence-electron chi connectivity index (χ0n) is 21.7. The number of hydrogen-bond donors (Lipinski definition) is 0. The molecule has 1 aliphatic carbocycles. The third kappa shape index (κ3) is 17.0. The van der Waals surface area contributed by atoms with E-state index in [2.05, 4.69) is 141 Å². The maximum atomic E-state index is 11.7. The van der Waals surface area contributed by atoms with Gasteiger partial charge in [0.15, 0.2) is 0 Å². The molecule has 3 nitrogen and oxygen atoms in total. The number of allylic oxidation sites excluding steroid dienone is 2. The molecule has 0 saturated carbocycles. The summed E-state index contributed by atoms with van der Waals surface area (Å²) >= 11 is 12.1. The number of nitrogens with zero attached hydrogens (tertiary/aromatic N) is 1. The Hall–Kier alpha value is 4.15. The number of cyclic esters (lactones) is 1. The van der Waals surface area contributed by atoms with Crippen molar-refractivity contribution in [3.8, 4) is 0 Å². The smallest absolute Gasteiger partial charge is 0 e. The Morgan fingerprint density at radius 2 is 1.51 bits per heavy atom. The summed E-state index contributed by atoms with van der Waals surface area (Å²) in [5, 5.41) is 0. The van der Waals surface area contributed by atoms with Crippen molar-refractivity contribution in [2.24, 2.45) is 17.8 Å². The number of carbonyl (C=O) groups excluding carboxylic acids is 1. The first kappa shape index (κ1) is 41.3. The van der Waals surface area contributed by atoms with Gasteiger partial charge in [-0.1, -0.05) is 58.4 Å². The number of carbonyl (C=O) groups is 1. The topological polar surface area (TPSA) is 29.5 Å². The van der Waals surface area contributed by atoms with Gasteiger partial charge in [-0.3, -0.25) is 4.90 Å². The second-order valence-corrected chi connectivity index (χ2v) is 55.9. The van der Waals surface area contributed by atoms with E-state index >= 15 is 0 Å². The molecule has 1 amide bonds. The summed E-state index contributed by atoms with van der Waals surface area (Å²) in [6.45, 7) is 18.3. The van der Waals surface area contributed by atoms with Gasteiger partial charge in [-0.05, 0) is 44.4 Å². The molecule has 35 heavy (non-hydrogen) atoms. The molecule has 1 aromatic carbocycles. The molecule has 11 heteroatoms. The van der Waals surface area contributed by atoms with Crippen LogP contribution in [0.3, 0.4) is 0 Å². The number of anilines is 1. The van der Waals surface area contributed by atoms with Crippen LogP contribution in [-0.4, -0.2) is 18.7 Å². The molecule has 1 fully saturated rings. The van der Waals surface area contributed by atoms with E-state index in [-0.39, 0.29) is 49.8 Å². The van der Waals surface area contributed by atoms with E-state index in [0.717, 1.165) is 41.0 Å². The van der Waals surface area contributed by atoms with Gasteiger partial charge in [-0.15, -0.1) is 12.1 Å². The number of amides is 1. The van der Waals surface area contributed by atoms with Gasteiger partial charge >= 0.3 is 120 Å². The zero-order valence-corrected chi connectivity index (χ0v) is 38.1. The maximum absolute atomic E-state index is 11.7. The van der Waals surface area contributed by atoms with Crippen molar-refractivity contribution in [2.75, 3.05) is 11.4 Å². The molecule has 4 unspecified atom stereocenters. The van der Waals surface area contributed by atoms with Crippen LogP contribution in [0.15, 0.2) is 23.3 Å². The summed E-state index contributed by atoms with van der Waals surface area (Å²) in [7, 11) is 0.628. The number of hydrogen-bond acceptors (Lipinski definition) is 2. The number of halogens is 5. The van der Waals surface area contributed by atoms with Crippen LogP contribution in [-0.2, 0) is 51.8 Å². The predicted octanol–water partition coefficient (Wildman–Crippen LogP) is 10.9. The van der Waals surface area contributed by atoms with E-state index in [1.807, 2.05) is 32.9 Å². The molecular formula is C24H36I5NO2V2Y-. The molecule has 198 valence electrons. The van der Waals surface area contributed by atoms with E-state index in [9.17, 15) is 4.79 Å². The molecule has 0 bridgehead atoms. The second-order valence-electron chi connectivity index (χ2n) is 8.75. The standard InChI is InChI=1S/C13H16NO2.C11H20.5HI.2V.Y/c1-4-12-8-14(13(15)16-12)11-6-9(2)5-10(3)7-11;1-7-6-8(2)10(4)11(5)9(7)3;;;;;;;;/h6-7,12H,4,8H2,1-3H3;7-9H,6H2,1-5H3;5*1H;;;/q-1;;;;;;;+2;+3;/p-5. The molecule has 4 atom stereocenters. The van der Waals surface area contributed by atoms with Gasteiger partial charge in [-0.2, -0.15) is 17.2 Å². The van der Waals surface area contributed by atoms with Crippen LogP contribution in [0.4, 0.5) is 10.5 Å². The van der Waals surface area contributed by atoms with Crippen molar-refractivity contribution in [1.29, 1.82) is 0 Å². The van der Waals surface area contributed by atoms with Crippen molar-refractivity contribution in [3.05, 3.63) is 40.5 Å². The monoisotopic (exact) mass is 1200 g/mol. The summed E-state index contributed by atoms with van der Waals surface area (Å²) in [6, 6.07) is 7.12. The van der Waals surface area contributed by atoms with E-state index in [1.54, 1.807) is 16.0 Å². The minimum absolute atomic E-state index is 0. The second kappa shape index (κ2) is 22.7. The Morgan fingerprint density at radius 3 is 1.91 bits per heavy atom. The Balaban J connectivity index is 0. The summed E-state index contributed by atoms with van der Waals surface area (Å²) in [4.78, 5) is 13.1. The van der Waals surface area contributed by atoms with Crippen LogP contribution in [0, 0.1) is 37.7 Å². The Labute approximate surface area is 306 Å². The molecule has 1 heterocycles. The van der Waals surface area contributed by atoms with Crippen LogP contribution in [0.1, 0.15) is 65.5 Å². The molecule has 0 aromatic heterocycles. The number of benzene rings is 1. The zero-order chi connectivity index (χ0) is 26.6. The molecule has 1 radical (unpaired) electrons. The largest absolute Gasteiger partial charge is 0 e. The third-order valence-electron chi connectivity index (χ3n) is 6.39. The Bertz CT molecular complexity index is 778. The molecule has 1 aromatic rings.